The zero-order valence-electron chi connectivity index (χ0n) is 12.4. The van der Waals surface area contributed by atoms with Crippen LogP contribution in [0.5, 0.6) is 0 Å². The first-order valence-corrected chi connectivity index (χ1v) is 8.14. The molecule has 1 saturated heterocycles. The smallest absolute Gasteiger partial charge is 0.254 e. The van der Waals surface area contributed by atoms with Crippen molar-refractivity contribution in [2.24, 2.45) is 11.7 Å². The molecule has 2 aliphatic heterocycles. The molecule has 1 fully saturated rings. The van der Waals surface area contributed by atoms with Gasteiger partial charge in [0.25, 0.3) is 5.91 Å². The number of carbonyl (C=O) groups excluding carboxylic acids is 2. The van der Waals surface area contributed by atoms with Crippen LogP contribution in [0.25, 0.3) is 0 Å². The fourth-order valence-electron chi connectivity index (χ4n) is 2.98. The third-order valence-corrected chi connectivity index (χ3v) is 5.19. The maximum atomic E-state index is 12.7. The number of hydrogen-bond acceptors (Lipinski definition) is 4. The lowest BCUT2D eigenvalue weighted by Gasteiger charge is -2.23. The molecule has 1 aromatic carbocycles. The van der Waals surface area contributed by atoms with Crippen LogP contribution in [0.15, 0.2) is 23.1 Å². The molecule has 2 amide bonds. The van der Waals surface area contributed by atoms with Gasteiger partial charge in [-0.1, -0.05) is 0 Å². The predicted molar refractivity (Wildman–Crippen MR) is 90.7 cm³/mol. The fraction of sp³-hybridized carbons (Fsp3) is 0.467. The lowest BCUT2D eigenvalue weighted by Crippen LogP contribution is -2.34. The Hall–Kier alpha value is -1.24. The van der Waals surface area contributed by atoms with E-state index in [1.54, 1.807) is 6.07 Å². The van der Waals surface area contributed by atoms with Crippen molar-refractivity contribution in [1.82, 2.24) is 4.90 Å². The molecule has 0 spiro atoms. The Kier molecular flexibility index (Phi) is 5.36. The van der Waals surface area contributed by atoms with Crippen molar-refractivity contribution in [3.8, 4) is 0 Å². The molecule has 1 aromatic rings. The second-order valence-electron chi connectivity index (χ2n) is 5.69. The number of nitrogens with one attached hydrogen (secondary N) is 1. The number of fused-ring (bicyclic) bond motifs is 1. The number of rotatable bonds is 2. The van der Waals surface area contributed by atoms with Gasteiger partial charge in [0.1, 0.15) is 0 Å². The summed E-state index contributed by atoms with van der Waals surface area (Å²) in [7, 11) is 0. The van der Waals surface area contributed by atoms with Crippen LogP contribution < -0.4 is 11.1 Å². The summed E-state index contributed by atoms with van der Waals surface area (Å²) < 4.78 is 0. The van der Waals surface area contributed by atoms with Crippen LogP contribution in [0.1, 0.15) is 23.7 Å². The van der Waals surface area contributed by atoms with Crippen LogP contribution in [-0.4, -0.2) is 41.6 Å². The number of nitrogens with two attached hydrogens (primary N) is 1. The van der Waals surface area contributed by atoms with Gasteiger partial charge in [-0.25, -0.2) is 0 Å². The van der Waals surface area contributed by atoms with E-state index in [4.69, 9.17) is 5.73 Å². The van der Waals surface area contributed by atoms with Gasteiger partial charge in [-0.15, -0.1) is 24.2 Å². The van der Waals surface area contributed by atoms with E-state index in [9.17, 15) is 9.59 Å². The molecule has 2 unspecified atom stereocenters. The molecular weight excluding hydrogens is 322 g/mol. The van der Waals surface area contributed by atoms with E-state index in [2.05, 4.69) is 12.2 Å². The molecule has 5 nitrogen and oxygen atoms in total. The van der Waals surface area contributed by atoms with Crippen molar-refractivity contribution in [1.29, 1.82) is 0 Å². The fourth-order valence-corrected chi connectivity index (χ4v) is 3.77. The summed E-state index contributed by atoms with van der Waals surface area (Å²) in [4.78, 5) is 27.0. The summed E-state index contributed by atoms with van der Waals surface area (Å²) in [5.41, 5.74) is 7.08. The van der Waals surface area contributed by atoms with Crippen molar-refractivity contribution < 1.29 is 9.59 Å². The maximum Gasteiger partial charge on any atom is 0.254 e. The second-order valence-corrected chi connectivity index (χ2v) is 6.71. The number of thioether (sulfide) groups is 1. The third-order valence-electron chi connectivity index (χ3n) is 4.11. The van der Waals surface area contributed by atoms with Crippen molar-refractivity contribution in [3.63, 3.8) is 0 Å². The van der Waals surface area contributed by atoms with E-state index in [0.717, 1.165) is 17.0 Å². The molecule has 22 heavy (non-hydrogen) atoms. The van der Waals surface area contributed by atoms with Crippen molar-refractivity contribution in [3.05, 3.63) is 23.8 Å². The highest BCUT2D eigenvalue weighted by Gasteiger charge is 2.32. The van der Waals surface area contributed by atoms with Gasteiger partial charge in [0.05, 0.1) is 11.4 Å². The first-order chi connectivity index (χ1) is 10.1. The Morgan fingerprint density at radius 3 is 2.95 bits per heavy atom. The molecule has 0 aromatic heterocycles. The van der Waals surface area contributed by atoms with E-state index in [1.165, 1.54) is 11.8 Å². The average Bonchev–Trinajstić information content (AvgIpc) is 2.87. The van der Waals surface area contributed by atoms with Crippen LogP contribution in [0.2, 0.25) is 0 Å². The summed E-state index contributed by atoms with van der Waals surface area (Å²) in [6.07, 6.45) is 0.958. The van der Waals surface area contributed by atoms with E-state index in [1.807, 2.05) is 17.0 Å². The van der Waals surface area contributed by atoms with Crippen LogP contribution in [0.4, 0.5) is 5.69 Å². The van der Waals surface area contributed by atoms with Crippen LogP contribution in [0.3, 0.4) is 0 Å². The maximum absolute atomic E-state index is 12.7. The van der Waals surface area contributed by atoms with E-state index in [0.29, 0.717) is 30.3 Å². The summed E-state index contributed by atoms with van der Waals surface area (Å²) in [6, 6.07) is 5.75. The lowest BCUT2D eigenvalue weighted by molar-refractivity contribution is -0.113. The SMILES string of the molecule is CC1CC(CN)CN1C(=O)c1ccc2c(c1)NC(=O)CS2.Cl. The average molecular weight is 342 g/mol. The largest absolute Gasteiger partial charge is 0.336 e. The number of halogens is 1. The highest BCUT2D eigenvalue weighted by Crippen LogP contribution is 2.33. The van der Waals surface area contributed by atoms with Gasteiger partial charge < -0.3 is 16.0 Å². The number of benzene rings is 1. The topological polar surface area (TPSA) is 75.4 Å². The Balaban J connectivity index is 0.00000176. The van der Waals surface area contributed by atoms with E-state index >= 15 is 0 Å². The number of amides is 2. The molecule has 0 saturated carbocycles. The van der Waals surface area contributed by atoms with Gasteiger partial charge in [0, 0.05) is 23.0 Å². The Morgan fingerprint density at radius 1 is 1.50 bits per heavy atom. The minimum atomic E-state index is -0.0187. The molecule has 2 atom stereocenters. The minimum absolute atomic E-state index is 0. The molecular formula is C15H20ClN3O2S. The number of likely N-dealkylation sites (tertiary alicyclic amines) is 1. The molecule has 0 aliphatic carbocycles. The third kappa shape index (κ3) is 3.24. The van der Waals surface area contributed by atoms with Crippen molar-refractivity contribution in [2.45, 2.75) is 24.3 Å². The minimum Gasteiger partial charge on any atom is -0.336 e. The Morgan fingerprint density at radius 2 is 2.27 bits per heavy atom. The highest BCUT2D eigenvalue weighted by molar-refractivity contribution is 8.00. The number of hydrogen-bond donors (Lipinski definition) is 2. The van der Waals surface area contributed by atoms with E-state index < -0.39 is 0 Å². The monoisotopic (exact) mass is 341 g/mol. The Bertz CT molecular complexity index is 596. The molecule has 7 heteroatoms. The zero-order valence-corrected chi connectivity index (χ0v) is 14.0. The number of anilines is 1. The highest BCUT2D eigenvalue weighted by atomic mass is 35.5. The molecule has 2 aliphatic rings. The predicted octanol–water partition coefficient (Wildman–Crippen LogP) is 1.96. The van der Waals surface area contributed by atoms with Crippen LogP contribution in [0, 0.1) is 5.92 Å². The second kappa shape index (κ2) is 6.89. The molecule has 3 rings (SSSR count). The summed E-state index contributed by atoms with van der Waals surface area (Å²) in [6.45, 7) is 3.39. The number of nitrogens with zero attached hydrogens (tertiary/aromatic N) is 1. The molecule has 0 radical (unpaired) electrons. The molecule has 120 valence electrons. The number of carbonyl (C=O) groups is 2. The normalized spacial score (nSPS) is 23.5. The van der Waals surface area contributed by atoms with E-state index in [-0.39, 0.29) is 30.3 Å². The molecule has 2 heterocycles. The van der Waals surface area contributed by atoms with Crippen LogP contribution >= 0.6 is 24.2 Å². The lowest BCUT2D eigenvalue weighted by atomic mass is 10.1. The van der Waals surface area contributed by atoms with Crippen LogP contribution in [-0.2, 0) is 4.79 Å². The molecule has 3 N–H and O–H groups in total. The van der Waals surface area contributed by atoms with Gasteiger partial charge >= 0.3 is 0 Å². The quantitative estimate of drug-likeness (QED) is 0.862. The van der Waals surface area contributed by atoms with Gasteiger partial charge in [-0.3, -0.25) is 9.59 Å². The van der Waals surface area contributed by atoms with Crippen molar-refractivity contribution in [2.75, 3.05) is 24.2 Å². The first-order valence-electron chi connectivity index (χ1n) is 7.16. The van der Waals surface area contributed by atoms with Gasteiger partial charge in [-0.2, -0.15) is 0 Å². The summed E-state index contributed by atoms with van der Waals surface area (Å²) >= 11 is 1.50. The zero-order chi connectivity index (χ0) is 15.0. The molecule has 0 bridgehead atoms. The van der Waals surface area contributed by atoms with Gasteiger partial charge in [-0.05, 0) is 44.0 Å². The summed E-state index contributed by atoms with van der Waals surface area (Å²) in [5.74, 6) is 0.819. The van der Waals surface area contributed by atoms with Gasteiger partial charge in [0.2, 0.25) is 5.91 Å². The Labute approximate surface area is 140 Å². The van der Waals surface area contributed by atoms with Crippen molar-refractivity contribution >= 4 is 41.7 Å². The summed E-state index contributed by atoms with van der Waals surface area (Å²) in [5, 5.41) is 2.83. The van der Waals surface area contributed by atoms with Gasteiger partial charge in [0.15, 0.2) is 0 Å². The first kappa shape index (κ1) is 17.1. The standard InChI is InChI=1S/C15H19N3O2S.ClH/c1-9-4-10(6-16)7-18(9)15(20)11-2-3-13-12(5-11)17-14(19)8-21-13;/h2-3,5,9-10H,4,6-8,16H2,1H3,(H,17,19);1H.